The van der Waals surface area contributed by atoms with E-state index in [-0.39, 0.29) is 5.91 Å². The summed E-state index contributed by atoms with van der Waals surface area (Å²) < 4.78 is 7.06. The van der Waals surface area contributed by atoms with Gasteiger partial charge < -0.3 is 9.64 Å². The second-order valence-electron chi connectivity index (χ2n) is 5.88. The van der Waals surface area contributed by atoms with Crippen LogP contribution in [0, 0.1) is 5.92 Å². The predicted octanol–water partition coefficient (Wildman–Crippen LogP) is 2.23. The number of carbonyl (C=O) groups is 1. The minimum absolute atomic E-state index is 0.0660. The molecule has 0 aliphatic carbocycles. The van der Waals surface area contributed by atoms with Gasteiger partial charge in [0.15, 0.2) is 0 Å². The van der Waals surface area contributed by atoms with Crippen molar-refractivity contribution in [2.24, 2.45) is 5.92 Å². The van der Waals surface area contributed by atoms with E-state index in [0.717, 1.165) is 38.9 Å². The fraction of sp³-hybridized carbons (Fsp3) is 0.471. The Bertz CT molecular complexity index is 634. The largest absolute Gasteiger partial charge is 0.481 e. The van der Waals surface area contributed by atoms with Crippen molar-refractivity contribution in [3.05, 3.63) is 42.4 Å². The van der Waals surface area contributed by atoms with E-state index in [9.17, 15) is 4.79 Å². The number of nitrogens with zero attached hydrogens (tertiary/aromatic N) is 4. The van der Waals surface area contributed by atoms with Crippen molar-refractivity contribution < 1.29 is 9.53 Å². The van der Waals surface area contributed by atoms with E-state index >= 15 is 0 Å². The predicted molar refractivity (Wildman–Crippen MR) is 86.3 cm³/mol. The molecular weight excluding hydrogens is 292 g/mol. The molecule has 1 aliphatic rings. The summed E-state index contributed by atoms with van der Waals surface area (Å²) >= 11 is 0. The highest BCUT2D eigenvalue weighted by Gasteiger charge is 2.23. The van der Waals surface area contributed by atoms with Gasteiger partial charge in [-0.2, -0.15) is 5.10 Å². The maximum atomic E-state index is 12.5. The van der Waals surface area contributed by atoms with Gasteiger partial charge in [0.2, 0.25) is 5.88 Å². The molecule has 3 rings (SSSR count). The molecule has 0 radical (unpaired) electrons. The number of amides is 1. The van der Waals surface area contributed by atoms with Crippen LogP contribution in [0.4, 0.5) is 0 Å². The van der Waals surface area contributed by atoms with Gasteiger partial charge >= 0.3 is 0 Å². The Kier molecular flexibility index (Phi) is 4.90. The molecule has 23 heavy (non-hydrogen) atoms. The summed E-state index contributed by atoms with van der Waals surface area (Å²) in [7, 11) is 1.56. The summed E-state index contributed by atoms with van der Waals surface area (Å²) in [5.74, 6) is 1.21. The first kappa shape index (κ1) is 15.5. The Balaban J connectivity index is 1.50. The molecule has 0 aromatic carbocycles. The smallest absolute Gasteiger partial charge is 0.254 e. The molecule has 0 N–H and O–H groups in total. The number of ether oxygens (including phenoxy) is 1. The number of hydrogen-bond donors (Lipinski definition) is 0. The molecule has 0 bridgehead atoms. The van der Waals surface area contributed by atoms with Crippen molar-refractivity contribution >= 4 is 5.91 Å². The zero-order valence-corrected chi connectivity index (χ0v) is 13.4. The molecule has 122 valence electrons. The van der Waals surface area contributed by atoms with Gasteiger partial charge in [-0.05, 0) is 37.3 Å². The van der Waals surface area contributed by atoms with E-state index in [1.807, 2.05) is 28.0 Å². The van der Waals surface area contributed by atoms with Crippen LogP contribution in [0.3, 0.4) is 0 Å². The lowest BCUT2D eigenvalue weighted by Gasteiger charge is -2.32. The van der Waals surface area contributed by atoms with Crippen LogP contribution in [0.1, 0.15) is 29.6 Å². The fourth-order valence-electron chi connectivity index (χ4n) is 3.01. The lowest BCUT2D eigenvalue weighted by molar-refractivity contribution is 0.0684. The highest BCUT2D eigenvalue weighted by atomic mass is 16.5. The second kappa shape index (κ2) is 7.26. The number of carbonyl (C=O) groups excluding carboxylic acids is 1. The molecule has 0 spiro atoms. The van der Waals surface area contributed by atoms with Gasteiger partial charge in [0.25, 0.3) is 5.91 Å². The molecule has 1 saturated heterocycles. The molecule has 2 aromatic heterocycles. The van der Waals surface area contributed by atoms with E-state index in [1.54, 1.807) is 25.4 Å². The standard InChI is InChI=1S/C17H22N4O2/c1-23-16-13-15(3-8-18-16)17(22)20-10-4-14(5-11-20)6-12-21-9-2-7-19-21/h2-3,7-9,13-14H,4-6,10-12H2,1H3. The van der Waals surface area contributed by atoms with Crippen LogP contribution in [0.5, 0.6) is 5.88 Å². The molecule has 6 nitrogen and oxygen atoms in total. The molecule has 1 amide bonds. The first-order valence-electron chi connectivity index (χ1n) is 8.03. The minimum Gasteiger partial charge on any atom is -0.481 e. The number of hydrogen-bond acceptors (Lipinski definition) is 4. The number of piperidine rings is 1. The third kappa shape index (κ3) is 3.88. The molecule has 2 aromatic rings. The SMILES string of the molecule is COc1cc(C(=O)N2CCC(CCn3cccn3)CC2)ccn1. The molecule has 0 unspecified atom stereocenters. The molecule has 1 fully saturated rings. The highest BCUT2D eigenvalue weighted by Crippen LogP contribution is 2.23. The fourth-order valence-corrected chi connectivity index (χ4v) is 3.01. The number of aromatic nitrogens is 3. The third-order valence-corrected chi connectivity index (χ3v) is 4.42. The van der Waals surface area contributed by atoms with Crippen LogP contribution in [0.25, 0.3) is 0 Å². The van der Waals surface area contributed by atoms with Crippen LogP contribution in [0.15, 0.2) is 36.8 Å². The number of methoxy groups -OCH3 is 1. The summed E-state index contributed by atoms with van der Waals surface area (Å²) in [6, 6.07) is 5.39. The Hall–Kier alpha value is -2.37. The summed E-state index contributed by atoms with van der Waals surface area (Å²) in [5.41, 5.74) is 0.645. The topological polar surface area (TPSA) is 60.2 Å². The number of pyridine rings is 1. The Morgan fingerprint density at radius 2 is 2.17 bits per heavy atom. The van der Waals surface area contributed by atoms with E-state index in [1.165, 1.54) is 0 Å². The zero-order valence-electron chi connectivity index (χ0n) is 13.4. The maximum absolute atomic E-state index is 12.5. The van der Waals surface area contributed by atoms with Crippen molar-refractivity contribution in [3.8, 4) is 5.88 Å². The van der Waals surface area contributed by atoms with Crippen LogP contribution < -0.4 is 4.74 Å². The first-order valence-corrected chi connectivity index (χ1v) is 8.03. The van der Waals surface area contributed by atoms with Crippen molar-refractivity contribution in [1.29, 1.82) is 0 Å². The van der Waals surface area contributed by atoms with Gasteiger partial charge in [0.05, 0.1) is 7.11 Å². The van der Waals surface area contributed by atoms with Gasteiger partial charge in [-0.25, -0.2) is 4.98 Å². The molecule has 6 heteroatoms. The number of likely N-dealkylation sites (tertiary alicyclic amines) is 1. The molecule has 3 heterocycles. The van der Waals surface area contributed by atoms with Crippen molar-refractivity contribution in [2.45, 2.75) is 25.8 Å². The quantitative estimate of drug-likeness (QED) is 0.849. The van der Waals surface area contributed by atoms with Crippen LogP contribution >= 0.6 is 0 Å². The van der Waals surface area contributed by atoms with Gasteiger partial charge in [0.1, 0.15) is 0 Å². The third-order valence-electron chi connectivity index (χ3n) is 4.42. The number of aryl methyl sites for hydroxylation is 1. The monoisotopic (exact) mass is 314 g/mol. The summed E-state index contributed by atoms with van der Waals surface area (Å²) in [6.07, 6.45) is 8.64. The molecule has 1 aliphatic heterocycles. The molecule has 0 atom stereocenters. The van der Waals surface area contributed by atoms with E-state index < -0.39 is 0 Å². The van der Waals surface area contributed by atoms with Crippen LogP contribution in [0.2, 0.25) is 0 Å². The number of rotatable bonds is 5. The van der Waals surface area contributed by atoms with Crippen molar-refractivity contribution in [3.63, 3.8) is 0 Å². The van der Waals surface area contributed by atoms with Gasteiger partial charge in [-0.3, -0.25) is 9.48 Å². The zero-order chi connectivity index (χ0) is 16.1. The van der Waals surface area contributed by atoms with Crippen LogP contribution in [-0.4, -0.2) is 45.8 Å². The van der Waals surface area contributed by atoms with E-state index in [0.29, 0.717) is 17.4 Å². The van der Waals surface area contributed by atoms with Crippen molar-refractivity contribution in [1.82, 2.24) is 19.7 Å². The maximum Gasteiger partial charge on any atom is 0.254 e. The average Bonchev–Trinajstić information content (AvgIpc) is 3.13. The van der Waals surface area contributed by atoms with Gasteiger partial charge in [-0.1, -0.05) is 0 Å². The summed E-state index contributed by atoms with van der Waals surface area (Å²) in [4.78, 5) is 18.5. The van der Waals surface area contributed by atoms with Crippen molar-refractivity contribution in [2.75, 3.05) is 20.2 Å². The van der Waals surface area contributed by atoms with Gasteiger partial charge in [-0.15, -0.1) is 0 Å². The van der Waals surface area contributed by atoms with E-state index in [4.69, 9.17) is 4.74 Å². The Morgan fingerprint density at radius 3 is 2.87 bits per heavy atom. The first-order chi connectivity index (χ1) is 11.3. The lowest BCUT2D eigenvalue weighted by atomic mass is 9.93. The molecule has 0 saturated carbocycles. The normalized spacial score (nSPS) is 15.6. The Morgan fingerprint density at radius 1 is 1.35 bits per heavy atom. The lowest BCUT2D eigenvalue weighted by Crippen LogP contribution is -2.38. The summed E-state index contributed by atoms with van der Waals surface area (Å²) in [6.45, 7) is 2.58. The average molecular weight is 314 g/mol. The van der Waals surface area contributed by atoms with E-state index in [2.05, 4.69) is 10.1 Å². The minimum atomic E-state index is 0.0660. The summed E-state index contributed by atoms with van der Waals surface area (Å²) in [5, 5.41) is 4.23. The molecular formula is C17H22N4O2. The van der Waals surface area contributed by atoms with Crippen LogP contribution in [-0.2, 0) is 6.54 Å². The second-order valence-corrected chi connectivity index (χ2v) is 5.88. The Labute approximate surface area is 136 Å². The highest BCUT2D eigenvalue weighted by molar-refractivity contribution is 5.94. The van der Waals surface area contributed by atoms with Gasteiger partial charge in [0, 0.05) is 49.9 Å².